The molecule has 5 nitrogen and oxygen atoms in total. The predicted octanol–water partition coefficient (Wildman–Crippen LogP) is 2.86. The summed E-state index contributed by atoms with van der Waals surface area (Å²) in [5.41, 5.74) is 0.788. The van der Waals surface area contributed by atoms with Crippen molar-refractivity contribution in [2.75, 3.05) is 0 Å². The number of carboxylic acids is 1. The Bertz CT molecular complexity index is 511. The molecular formula is C15H22N2O3S. The zero-order valence-corrected chi connectivity index (χ0v) is 13.4. The summed E-state index contributed by atoms with van der Waals surface area (Å²) in [6.07, 6.45) is 5.35. The number of nitrogens with zero attached hydrogens (tertiary/aromatic N) is 1. The van der Waals surface area contributed by atoms with Gasteiger partial charge in [-0.1, -0.05) is 13.3 Å². The molecule has 0 saturated heterocycles. The topological polar surface area (TPSA) is 79.3 Å². The van der Waals surface area contributed by atoms with E-state index in [0.29, 0.717) is 6.42 Å². The first-order valence-corrected chi connectivity index (χ1v) is 7.90. The Morgan fingerprint density at radius 3 is 2.71 bits per heavy atom. The molecule has 1 aromatic rings. The smallest absolute Gasteiger partial charge is 0.306 e. The molecule has 0 bridgehead atoms. The van der Waals surface area contributed by atoms with Crippen LogP contribution in [0.1, 0.15) is 43.8 Å². The first-order chi connectivity index (χ1) is 9.88. The van der Waals surface area contributed by atoms with Crippen molar-refractivity contribution in [2.45, 2.75) is 46.1 Å². The van der Waals surface area contributed by atoms with E-state index in [1.807, 2.05) is 19.2 Å². The summed E-state index contributed by atoms with van der Waals surface area (Å²) in [5.74, 6) is -1.26. The van der Waals surface area contributed by atoms with E-state index in [2.05, 4.69) is 10.3 Å². The number of aliphatic carboxylic acids is 1. The lowest BCUT2D eigenvalue weighted by Gasteiger charge is -2.13. The Hall–Kier alpha value is -1.69. The van der Waals surface area contributed by atoms with Gasteiger partial charge in [0, 0.05) is 17.5 Å². The van der Waals surface area contributed by atoms with E-state index in [4.69, 9.17) is 5.11 Å². The number of hydrogen-bond donors (Lipinski definition) is 2. The number of thiazole rings is 1. The molecule has 0 aliphatic rings. The highest BCUT2D eigenvalue weighted by Gasteiger charge is 2.11. The van der Waals surface area contributed by atoms with Gasteiger partial charge in [0.15, 0.2) is 0 Å². The lowest BCUT2D eigenvalue weighted by atomic mass is 10.0. The Morgan fingerprint density at radius 2 is 2.14 bits per heavy atom. The molecule has 0 spiro atoms. The number of carbonyl (C=O) groups excluding carboxylic acids is 1. The van der Waals surface area contributed by atoms with Crippen LogP contribution >= 0.6 is 11.3 Å². The average molecular weight is 310 g/mol. The zero-order valence-electron chi connectivity index (χ0n) is 12.6. The van der Waals surface area contributed by atoms with E-state index in [1.54, 1.807) is 24.3 Å². The number of rotatable bonds is 8. The monoisotopic (exact) mass is 310 g/mol. The number of carbonyl (C=O) groups is 2. The molecule has 2 atom stereocenters. The number of amides is 1. The van der Waals surface area contributed by atoms with Gasteiger partial charge in [0.05, 0.1) is 16.6 Å². The second-order valence-corrected chi connectivity index (χ2v) is 6.27. The molecule has 0 radical (unpaired) electrons. The SMILES string of the molecule is Cc1nc(C=CC(=O)NC(C)CCCC(C)C(=O)O)cs1. The van der Waals surface area contributed by atoms with Crippen LogP contribution in [0.15, 0.2) is 11.5 Å². The van der Waals surface area contributed by atoms with Crippen molar-refractivity contribution < 1.29 is 14.7 Å². The van der Waals surface area contributed by atoms with Gasteiger partial charge in [0.2, 0.25) is 5.91 Å². The third kappa shape index (κ3) is 7.04. The first kappa shape index (κ1) is 17.4. The third-order valence-corrected chi connectivity index (χ3v) is 3.92. The second-order valence-electron chi connectivity index (χ2n) is 5.20. The fourth-order valence-corrected chi connectivity index (χ4v) is 2.42. The minimum absolute atomic E-state index is 0.0281. The van der Waals surface area contributed by atoms with Crippen molar-refractivity contribution in [3.8, 4) is 0 Å². The maximum atomic E-state index is 11.7. The number of hydrogen-bond acceptors (Lipinski definition) is 4. The molecule has 6 heteroatoms. The molecule has 0 aromatic carbocycles. The molecule has 0 aliphatic heterocycles. The summed E-state index contributed by atoms with van der Waals surface area (Å²) in [7, 11) is 0. The minimum Gasteiger partial charge on any atom is -0.481 e. The van der Waals surface area contributed by atoms with Gasteiger partial charge >= 0.3 is 5.97 Å². The van der Waals surface area contributed by atoms with E-state index < -0.39 is 5.97 Å². The second kappa shape index (κ2) is 8.56. The Kier molecular flexibility index (Phi) is 7.08. The summed E-state index contributed by atoms with van der Waals surface area (Å²) in [5, 5.41) is 14.5. The molecule has 116 valence electrons. The van der Waals surface area contributed by atoms with Gasteiger partial charge in [-0.3, -0.25) is 9.59 Å². The number of nitrogens with one attached hydrogen (secondary N) is 1. The summed E-state index contributed by atoms with van der Waals surface area (Å²) in [4.78, 5) is 26.7. The molecule has 1 heterocycles. The van der Waals surface area contributed by atoms with Crippen LogP contribution in [0.4, 0.5) is 0 Å². The van der Waals surface area contributed by atoms with Gasteiger partial charge < -0.3 is 10.4 Å². The Balaban J connectivity index is 2.27. The molecule has 1 rings (SSSR count). The first-order valence-electron chi connectivity index (χ1n) is 7.02. The maximum absolute atomic E-state index is 11.7. The van der Waals surface area contributed by atoms with Crippen LogP contribution in [0.5, 0.6) is 0 Å². The van der Waals surface area contributed by atoms with Crippen molar-refractivity contribution in [1.82, 2.24) is 10.3 Å². The quantitative estimate of drug-likeness (QED) is 0.724. The number of aromatic nitrogens is 1. The number of aryl methyl sites for hydroxylation is 1. The van der Waals surface area contributed by atoms with Crippen LogP contribution < -0.4 is 5.32 Å². The normalized spacial score (nSPS) is 14.0. The molecule has 2 N–H and O–H groups in total. The van der Waals surface area contributed by atoms with Crippen LogP contribution in [0.2, 0.25) is 0 Å². The zero-order chi connectivity index (χ0) is 15.8. The van der Waals surface area contributed by atoms with Crippen LogP contribution in [-0.2, 0) is 9.59 Å². The molecular weight excluding hydrogens is 288 g/mol. The summed E-state index contributed by atoms with van der Waals surface area (Å²) in [6.45, 7) is 5.54. The van der Waals surface area contributed by atoms with Crippen LogP contribution in [0.25, 0.3) is 6.08 Å². The van der Waals surface area contributed by atoms with E-state index in [1.165, 1.54) is 6.08 Å². The van der Waals surface area contributed by atoms with Crippen LogP contribution in [0.3, 0.4) is 0 Å². The molecule has 0 fully saturated rings. The highest BCUT2D eigenvalue weighted by Crippen LogP contribution is 2.10. The molecule has 21 heavy (non-hydrogen) atoms. The lowest BCUT2D eigenvalue weighted by Crippen LogP contribution is -2.31. The average Bonchev–Trinajstić information content (AvgIpc) is 2.82. The predicted molar refractivity (Wildman–Crippen MR) is 84.1 cm³/mol. The van der Waals surface area contributed by atoms with E-state index in [0.717, 1.165) is 23.5 Å². The summed E-state index contributed by atoms with van der Waals surface area (Å²) >= 11 is 1.54. The molecule has 1 aromatic heterocycles. The fourth-order valence-electron chi connectivity index (χ4n) is 1.83. The summed E-state index contributed by atoms with van der Waals surface area (Å²) in [6, 6.07) is 0.0281. The van der Waals surface area contributed by atoms with Gasteiger partial charge in [0.1, 0.15) is 0 Å². The third-order valence-electron chi connectivity index (χ3n) is 3.13. The van der Waals surface area contributed by atoms with E-state index in [-0.39, 0.29) is 17.9 Å². The highest BCUT2D eigenvalue weighted by molar-refractivity contribution is 7.09. The van der Waals surface area contributed by atoms with Gasteiger partial charge in [-0.2, -0.15) is 0 Å². The van der Waals surface area contributed by atoms with Crippen molar-refractivity contribution in [3.05, 3.63) is 22.2 Å². The lowest BCUT2D eigenvalue weighted by molar-refractivity contribution is -0.141. The Labute approximate surface area is 129 Å². The fraction of sp³-hybridized carbons (Fsp3) is 0.533. The van der Waals surface area contributed by atoms with Crippen LogP contribution in [-0.4, -0.2) is 28.0 Å². The Morgan fingerprint density at radius 1 is 1.43 bits per heavy atom. The molecule has 0 aliphatic carbocycles. The van der Waals surface area contributed by atoms with Crippen molar-refractivity contribution in [2.24, 2.45) is 5.92 Å². The maximum Gasteiger partial charge on any atom is 0.306 e. The van der Waals surface area contributed by atoms with E-state index in [9.17, 15) is 9.59 Å². The van der Waals surface area contributed by atoms with Gasteiger partial charge in [-0.25, -0.2) is 4.98 Å². The number of carboxylic acid groups (broad SMARTS) is 1. The summed E-state index contributed by atoms with van der Waals surface area (Å²) < 4.78 is 0. The minimum atomic E-state index is -0.770. The van der Waals surface area contributed by atoms with Gasteiger partial charge in [-0.15, -0.1) is 11.3 Å². The van der Waals surface area contributed by atoms with Crippen molar-refractivity contribution in [3.63, 3.8) is 0 Å². The van der Waals surface area contributed by atoms with E-state index >= 15 is 0 Å². The van der Waals surface area contributed by atoms with Crippen molar-refractivity contribution >= 4 is 29.3 Å². The van der Waals surface area contributed by atoms with Crippen LogP contribution in [0, 0.1) is 12.8 Å². The largest absolute Gasteiger partial charge is 0.481 e. The van der Waals surface area contributed by atoms with Crippen molar-refractivity contribution in [1.29, 1.82) is 0 Å². The van der Waals surface area contributed by atoms with Gasteiger partial charge in [-0.05, 0) is 32.8 Å². The van der Waals surface area contributed by atoms with Gasteiger partial charge in [0.25, 0.3) is 0 Å². The molecule has 1 amide bonds. The highest BCUT2D eigenvalue weighted by atomic mass is 32.1. The molecule has 0 saturated carbocycles. The molecule has 2 unspecified atom stereocenters. The standard InChI is InChI=1S/C15H22N2O3S/c1-10(15(19)20)5-4-6-11(2)16-14(18)8-7-13-9-21-12(3)17-13/h7-11H,4-6H2,1-3H3,(H,16,18)(H,19,20).